The first-order valence-electron chi connectivity index (χ1n) is 22.9. The Balaban J connectivity index is 0.000000255. The number of aryl methyl sites for hydroxylation is 2. The van der Waals surface area contributed by atoms with Crippen LogP contribution in [0, 0.1) is 13.8 Å². The zero-order valence-electron chi connectivity index (χ0n) is 40.6. The van der Waals surface area contributed by atoms with E-state index in [1.807, 2.05) is 55.9 Å². The Hall–Kier alpha value is -6.16. The number of aromatic nitrogens is 12. The van der Waals surface area contributed by atoms with Crippen molar-refractivity contribution in [2.45, 2.75) is 117 Å². The number of hydrogen-bond donors (Lipinski definition) is 6. The van der Waals surface area contributed by atoms with Crippen molar-refractivity contribution in [1.82, 2.24) is 61.2 Å². The number of rotatable bonds is 26. The quantitative estimate of drug-likeness (QED) is 0.0349. The van der Waals surface area contributed by atoms with Crippen LogP contribution in [0.4, 0.5) is 23.5 Å². The van der Waals surface area contributed by atoms with Crippen LogP contribution in [0.25, 0.3) is 0 Å². The molecule has 368 valence electrons. The number of tetrazole rings is 2. The third-order valence-corrected chi connectivity index (χ3v) is 13.0. The van der Waals surface area contributed by atoms with Gasteiger partial charge in [0.05, 0.1) is 20.0 Å². The van der Waals surface area contributed by atoms with Crippen LogP contribution in [0.5, 0.6) is 11.5 Å². The fourth-order valence-electron chi connectivity index (χ4n) is 7.80. The monoisotopic (exact) mass is 973 g/mol. The second kappa shape index (κ2) is 26.4. The molecule has 2 aromatic carbocycles. The van der Waals surface area contributed by atoms with Gasteiger partial charge in [0.2, 0.25) is 11.9 Å². The molecule has 0 amide bonds. The SMILES string of the molecule is CCCC[C@@H](CCS(C)(=O)=O)Nc1nc(N)nc(C)c1Cc1cc(Cc2nn[nH]n2)ccc1OC.CCCC[C@@H](CCSC)Nc1nc(N)nc(C)c1Cc1cc(Cc2nn[nH]n2)ccc1OC. The van der Waals surface area contributed by atoms with Gasteiger partial charge in [0.25, 0.3) is 0 Å². The summed E-state index contributed by atoms with van der Waals surface area (Å²) in [6.45, 7) is 8.21. The number of nitrogens with zero attached hydrogens (tertiary/aromatic N) is 10. The first kappa shape index (κ1) is 52.8. The average Bonchev–Trinajstić information content (AvgIpc) is 4.03. The maximum Gasteiger partial charge on any atom is 0.222 e. The average molecular weight is 973 g/mol. The summed E-state index contributed by atoms with van der Waals surface area (Å²) in [6.07, 6.45) is 13.5. The minimum absolute atomic E-state index is 0.0522. The van der Waals surface area contributed by atoms with Crippen molar-refractivity contribution in [3.8, 4) is 11.5 Å². The molecule has 0 radical (unpaired) electrons. The summed E-state index contributed by atoms with van der Waals surface area (Å²) < 4.78 is 34.9. The Morgan fingerprint density at radius 3 is 1.51 bits per heavy atom. The number of benzene rings is 2. The van der Waals surface area contributed by atoms with Crippen molar-refractivity contribution in [3.63, 3.8) is 0 Å². The number of anilines is 4. The maximum absolute atomic E-state index is 11.8. The molecule has 0 saturated carbocycles. The molecule has 0 aliphatic heterocycles. The highest BCUT2D eigenvalue weighted by Gasteiger charge is 2.21. The standard InChI is InChI=1S/C23H34N8O3S.C23H34N8OS/c1-5-6-7-18(10-11-35(4,32)33)26-22-19(15(2)25-23(24)27-22)14-17-12-16(8-9-20(17)34-3)13-21-28-30-31-29-21;1-5-6-7-18(10-11-33-4)26-22-19(15(2)25-23(24)27-22)14-17-12-16(8-9-20(17)32-3)13-21-28-30-31-29-21/h8-9,12,18H,5-7,10-11,13-14H2,1-4H3,(H3,24,25,26,27)(H,28,29,30,31);8-9,12,18H,5-7,10-11,13-14H2,1-4H3,(H3,24,25,26,27)(H,28,29,30,31)/t2*18-/m00/s1. The molecule has 0 spiro atoms. The lowest BCUT2D eigenvalue weighted by Gasteiger charge is -2.22. The summed E-state index contributed by atoms with van der Waals surface area (Å²) in [7, 11) is 0.243. The van der Waals surface area contributed by atoms with Gasteiger partial charge in [-0.1, -0.05) is 74.2 Å². The van der Waals surface area contributed by atoms with Crippen LogP contribution in [-0.2, 0) is 35.5 Å². The van der Waals surface area contributed by atoms with E-state index in [0.29, 0.717) is 55.6 Å². The third-order valence-electron chi connectivity index (χ3n) is 11.4. The topological polar surface area (TPSA) is 289 Å². The Morgan fingerprint density at radius 2 is 1.13 bits per heavy atom. The van der Waals surface area contributed by atoms with Gasteiger partial charge < -0.3 is 31.6 Å². The molecular formula is C46H68N16O4S2. The molecular weight excluding hydrogens is 905 g/mol. The van der Waals surface area contributed by atoms with E-state index in [-0.39, 0.29) is 23.7 Å². The van der Waals surface area contributed by atoms with E-state index >= 15 is 0 Å². The normalized spacial score (nSPS) is 12.2. The van der Waals surface area contributed by atoms with Gasteiger partial charge in [-0.25, -0.2) is 18.4 Å². The lowest BCUT2D eigenvalue weighted by Crippen LogP contribution is -2.25. The van der Waals surface area contributed by atoms with E-state index in [1.165, 1.54) is 19.1 Å². The highest BCUT2D eigenvalue weighted by atomic mass is 32.2. The lowest BCUT2D eigenvalue weighted by atomic mass is 9.99. The number of nitrogen functional groups attached to an aromatic ring is 2. The van der Waals surface area contributed by atoms with Gasteiger partial charge in [-0.2, -0.15) is 32.2 Å². The molecule has 68 heavy (non-hydrogen) atoms. The van der Waals surface area contributed by atoms with Crippen LogP contribution in [0.2, 0.25) is 0 Å². The van der Waals surface area contributed by atoms with Crippen LogP contribution in [0.3, 0.4) is 0 Å². The highest BCUT2D eigenvalue weighted by Crippen LogP contribution is 2.31. The minimum Gasteiger partial charge on any atom is -0.496 e. The molecule has 8 N–H and O–H groups in total. The predicted octanol–water partition coefficient (Wildman–Crippen LogP) is 6.27. The molecule has 0 unspecified atom stereocenters. The van der Waals surface area contributed by atoms with Crippen molar-refractivity contribution in [1.29, 1.82) is 0 Å². The van der Waals surface area contributed by atoms with E-state index in [9.17, 15) is 8.42 Å². The van der Waals surface area contributed by atoms with Gasteiger partial charge in [-0.3, -0.25) is 0 Å². The van der Waals surface area contributed by atoms with Gasteiger partial charge >= 0.3 is 0 Å². The summed E-state index contributed by atoms with van der Waals surface area (Å²) in [5.41, 5.74) is 19.7. The first-order chi connectivity index (χ1) is 32.7. The Bertz CT molecular complexity index is 2570. The largest absolute Gasteiger partial charge is 0.496 e. The third kappa shape index (κ3) is 16.6. The maximum atomic E-state index is 11.8. The summed E-state index contributed by atoms with van der Waals surface area (Å²) in [5, 5.41) is 35.6. The highest BCUT2D eigenvalue weighted by molar-refractivity contribution is 7.98. The summed E-state index contributed by atoms with van der Waals surface area (Å²) in [4.78, 5) is 17.9. The van der Waals surface area contributed by atoms with E-state index in [2.05, 4.69) is 98.0 Å². The number of nitrogens with two attached hydrogens (primary N) is 2. The fourth-order valence-corrected chi connectivity index (χ4v) is 9.03. The molecule has 20 nitrogen and oxygen atoms in total. The Kier molecular flexibility index (Phi) is 20.5. The fraction of sp³-hybridized carbons (Fsp3) is 0.522. The predicted molar refractivity (Wildman–Crippen MR) is 269 cm³/mol. The molecule has 2 atom stereocenters. The lowest BCUT2D eigenvalue weighted by molar-refractivity contribution is 0.410. The first-order valence-corrected chi connectivity index (χ1v) is 26.4. The molecule has 0 bridgehead atoms. The van der Waals surface area contributed by atoms with Crippen LogP contribution in [0.1, 0.15) is 122 Å². The van der Waals surface area contributed by atoms with Crippen molar-refractivity contribution in [2.75, 3.05) is 60.3 Å². The molecule has 6 rings (SSSR count). The molecule has 6 aromatic rings. The number of ether oxygens (including phenoxy) is 2. The minimum atomic E-state index is -3.08. The molecule has 22 heteroatoms. The van der Waals surface area contributed by atoms with E-state index in [1.54, 1.807) is 14.2 Å². The number of methoxy groups -OCH3 is 2. The molecule has 0 fully saturated rings. The Morgan fingerprint density at radius 1 is 0.676 bits per heavy atom. The van der Waals surface area contributed by atoms with Crippen LogP contribution < -0.4 is 31.6 Å². The number of hydrogen-bond acceptors (Lipinski definition) is 19. The van der Waals surface area contributed by atoms with Crippen LogP contribution in [-0.4, -0.2) is 120 Å². The molecule has 0 aliphatic rings. The van der Waals surface area contributed by atoms with Crippen molar-refractivity contribution < 1.29 is 17.9 Å². The van der Waals surface area contributed by atoms with Crippen LogP contribution >= 0.6 is 11.8 Å². The van der Waals surface area contributed by atoms with Gasteiger partial charge in [0.15, 0.2) is 11.6 Å². The number of sulfone groups is 1. The second-order valence-corrected chi connectivity index (χ2v) is 20.1. The zero-order chi connectivity index (χ0) is 49.1. The van der Waals surface area contributed by atoms with Crippen molar-refractivity contribution in [3.05, 3.63) is 92.8 Å². The number of nitrogens with one attached hydrogen (secondary N) is 4. The van der Waals surface area contributed by atoms with E-state index < -0.39 is 9.84 Å². The van der Waals surface area contributed by atoms with Gasteiger partial charge in [-0.05, 0) is 85.9 Å². The van der Waals surface area contributed by atoms with Crippen LogP contribution in [0.15, 0.2) is 36.4 Å². The molecule has 0 saturated heterocycles. The summed E-state index contributed by atoms with van der Waals surface area (Å²) in [6, 6.07) is 12.4. The molecule has 0 aliphatic carbocycles. The van der Waals surface area contributed by atoms with E-state index in [0.717, 1.165) is 99.9 Å². The summed E-state index contributed by atoms with van der Waals surface area (Å²) in [5.74, 6) is 5.90. The smallest absolute Gasteiger partial charge is 0.222 e. The zero-order valence-corrected chi connectivity index (χ0v) is 42.2. The molecule has 4 heterocycles. The Labute approximate surface area is 404 Å². The number of unbranched alkanes of at least 4 members (excludes halogenated alkanes) is 2. The van der Waals surface area contributed by atoms with Gasteiger partial charge in [0, 0.05) is 66.5 Å². The number of H-pyrrole nitrogens is 2. The summed E-state index contributed by atoms with van der Waals surface area (Å²) >= 11 is 1.86. The van der Waals surface area contributed by atoms with Crippen molar-refractivity contribution in [2.24, 2.45) is 0 Å². The van der Waals surface area contributed by atoms with E-state index in [4.69, 9.17) is 20.9 Å². The number of aromatic amines is 2. The van der Waals surface area contributed by atoms with Gasteiger partial charge in [0.1, 0.15) is 33.0 Å². The van der Waals surface area contributed by atoms with Gasteiger partial charge in [-0.15, -0.1) is 20.4 Å². The van der Waals surface area contributed by atoms with Crippen molar-refractivity contribution >= 4 is 45.1 Å². The number of thioether (sulfide) groups is 1. The second-order valence-electron chi connectivity index (χ2n) is 16.8. The molecule has 4 aromatic heterocycles.